The number of hydrogen-bond donors (Lipinski definition) is 1. The van der Waals surface area contributed by atoms with Crippen molar-refractivity contribution in [1.29, 1.82) is 0 Å². The average Bonchev–Trinajstić information content (AvgIpc) is 2.86. The van der Waals surface area contributed by atoms with E-state index in [1.807, 2.05) is 0 Å². The summed E-state index contributed by atoms with van der Waals surface area (Å²) in [7, 11) is 0. The summed E-state index contributed by atoms with van der Waals surface area (Å²) in [4.78, 5) is 25.3. The van der Waals surface area contributed by atoms with E-state index in [2.05, 4.69) is 27.7 Å². The van der Waals surface area contributed by atoms with Crippen LogP contribution in [0.25, 0.3) is 0 Å². The SMILES string of the molecule is CCCCCCCCCC(=O)OC(CCCCC)C(CCCCC)C(CCCCCCCC)C(=O)O. The highest BCUT2D eigenvalue weighted by Crippen LogP contribution is 2.32. The quantitative estimate of drug-likeness (QED) is 0.0881. The Bertz CT molecular complexity index is 504. The van der Waals surface area contributed by atoms with Crippen LogP contribution in [0, 0.1) is 11.8 Å². The molecule has 3 unspecified atom stereocenters. The van der Waals surface area contributed by atoms with Crippen LogP contribution in [0.15, 0.2) is 0 Å². The number of ether oxygens (including phenoxy) is 1. The molecule has 0 amide bonds. The van der Waals surface area contributed by atoms with Crippen molar-refractivity contribution in [2.75, 3.05) is 0 Å². The Morgan fingerprint density at radius 3 is 1.50 bits per heavy atom. The van der Waals surface area contributed by atoms with Gasteiger partial charge in [0.15, 0.2) is 0 Å². The third-order valence-electron chi connectivity index (χ3n) is 7.68. The molecular weight excluding hydrogens is 448 g/mol. The van der Waals surface area contributed by atoms with Crippen molar-refractivity contribution in [1.82, 2.24) is 0 Å². The van der Waals surface area contributed by atoms with Crippen LogP contribution in [0.3, 0.4) is 0 Å². The molecule has 0 aromatic carbocycles. The van der Waals surface area contributed by atoms with Crippen molar-refractivity contribution in [3.63, 3.8) is 0 Å². The molecule has 4 heteroatoms. The summed E-state index contributed by atoms with van der Waals surface area (Å²) < 4.78 is 6.12. The molecule has 0 rings (SSSR count). The van der Waals surface area contributed by atoms with Crippen LogP contribution >= 0.6 is 0 Å². The number of aliphatic carboxylic acids is 1. The molecular formula is C32H62O4. The fourth-order valence-electron chi connectivity index (χ4n) is 5.35. The first kappa shape index (κ1) is 34.9. The van der Waals surface area contributed by atoms with Crippen LogP contribution in [-0.2, 0) is 14.3 Å². The van der Waals surface area contributed by atoms with Crippen LogP contribution in [0.4, 0.5) is 0 Å². The Balaban J connectivity index is 5.14. The van der Waals surface area contributed by atoms with Gasteiger partial charge in [0.05, 0.1) is 5.92 Å². The number of carbonyl (C=O) groups is 2. The van der Waals surface area contributed by atoms with Crippen LogP contribution in [-0.4, -0.2) is 23.1 Å². The molecule has 0 spiro atoms. The molecule has 0 fully saturated rings. The van der Waals surface area contributed by atoms with Crippen LogP contribution < -0.4 is 0 Å². The van der Waals surface area contributed by atoms with E-state index in [1.165, 1.54) is 57.8 Å². The van der Waals surface area contributed by atoms with Crippen molar-refractivity contribution >= 4 is 11.9 Å². The topological polar surface area (TPSA) is 63.6 Å². The summed E-state index contributed by atoms with van der Waals surface area (Å²) in [6.45, 7) is 8.81. The molecule has 0 radical (unpaired) electrons. The second-order valence-corrected chi connectivity index (χ2v) is 11.1. The largest absolute Gasteiger partial charge is 0.481 e. The highest BCUT2D eigenvalue weighted by molar-refractivity contribution is 5.71. The van der Waals surface area contributed by atoms with E-state index < -0.39 is 11.9 Å². The van der Waals surface area contributed by atoms with E-state index in [0.717, 1.165) is 77.0 Å². The average molecular weight is 511 g/mol. The molecule has 4 nitrogen and oxygen atoms in total. The van der Waals surface area contributed by atoms with E-state index in [4.69, 9.17) is 4.74 Å². The normalized spacial score (nSPS) is 13.9. The van der Waals surface area contributed by atoms with Crippen molar-refractivity contribution in [3.8, 4) is 0 Å². The van der Waals surface area contributed by atoms with Crippen molar-refractivity contribution in [2.24, 2.45) is 11.8 Å². The monoisotopic (exact) mass is 510 g/mol. The second kappa shape index (κ2) is 25.6. The number of unbranched alkanes of at least 4 members (excludes halogenated alkanes) is 15. The molecule has 0 aliphatic carbocycles. The molecule has 0 heterocycles. The predicted octanol–water partition coefficient (Wildman–Crippen LogP) is 10.3. The minimum absolute atomic E-state index is 0.0699. The van der Waals surface area contributed by atoms with Gasteiger partial charge in [-0.05, 0) is 32.1 Å². The minimum Gasteiger partial charge on any atom is -0.481 e. The maximum Gasteiger partial charge on any atom is 0.306 e. The predicted molar refractivity (Wildman–Crippen MR) is 153 cm³/mol. The van der Waals surface area contributed by atoms with Gasteiger partial charge in [0.2, 0.25) is 0 Å². The first-order valence-corrected chi connectivity index (χ1v) is 15.9. The summed E-state index contributed by atoms with van der Waals surface area (Å²) in [5, 5.41) is 10.2. The fourth-order valence-corrected chi connectivity index (χ4v) is 5.35. The van der Waals surface area contributed by atoms with Crippen LogP contribution in [0.5, 0.6) is 0 Å². The summed E-state index contributed by atoms with van der Waals surface area (Å²) in [5.41, 5.74) is 0. The molecule has 0 aromatic rings. The molecule has 0 bridgehead atoms. The van der Waals surface area contributed by atoms with E-state index in [0.29, 0.717) is 12.8 Å². The Morgan fingerprint density at radius 2 is 0.972 bits per heavy atom. The standard InChI is InChI=1S/C32H62O4/c1-5-9-13-15-17-19-23-27-31(33)36-30(26-21-12-8-4)28(24-20-11-7-3)29(32(34)35)25-22-18-16-14-10-6-2/h28-30H,5-27H2,1-4H3,(H,34,35). The molecule has 0 aliphatic rings. The minimum atomic E-state index is -0.700. The molecule has 1 N–H and O–H groups in total. The maximum atomic E-state index is 12.8. The Hall–Kier alpha value is -1.06. The lowest BCUT2D eigenvalue weighted by molar-refractivity contribution is -0.159. The Labute approximate surface area is 224 Å². The first-order valence-electron chi connectivity index (χ1n) is 15.9. The van der Waals surface area contributed by atoms with Crippen LogP contribution in [0.2, 0.25) is 0 Å². The lowest BCUT2D eigenvalue weighted by atomic mass is 9.78. The summed E-state index contributed by atoms with van der Waals surface area (Å²) in [6.07, 6.45) is 24.2. The number of carbonyl (C=O) groups excluding carboxylic acids is 1. The van der Waals surface area contributed by atoms with Gasteiger partial charge < -0.3 is 9.84 Å². The van der Waals surface area contributed by atoms with E-state index >= 15 is 0 Å². The van der Waals surface area contributed by atoms with Gasteiger partial charge in [-0.1, -0.05) is 137 Å². The van der Waals surface area contributed by atoms with Crippen molar-refractivity contribution in [3.05, 3.63) is 0 Å². The molecule has 0 aromatic heterocycles. The number of carboxylic acid groups (broad SMARTS) is 1. The van der Waals surface area contributed by atoms with Gasteiger partial charge in [-0.25, -0.2) is 0 Å². The second-order valence-electron chi connectivity index (χ2n) is 11.1. The summed E-state index contributed by atoms with van der Waals surface area (Å²) in [5.74, 6) is -1.30. The van der Waals surface area contributed by atoms with Gasteiger partial charge in [0.1, 0.15) is 6.10 Å². The highest BCUT2D eigenvalue weighted by atomic mass is 16.5. The van der Waals surface area contributed by atoms with E-state index in [-0.39, 0.29) is 18.0 Å². The van der Waals surface area contributed by atoms with Crippen molar-refractivity contribution in [2.45, 2.75) is 181 Å². The van der Waals surface area contributed by atoms with Gasteiger partial charge in [-0.15, -0.1) is 0 Å². The van der Waals surface area contributed by atoms with Gasteiger partial charge >= 0.3 is 11.9 Å². The lowest BCUT2D eigenvalue weighted by Gasteiger charge is -2.32. The number of rotatable bonds is 27. The molecule has 0 saturated carbocycles. The summed E-state index contributed by atoms with van der Waals surface area (Å²) >= 11 is 0. The number of carboxylic acids is 1. The first-order chi connectivity index (χ1) is 17.5. The van der Waals surface area contributed by atoms with Crippen molar-refractivity contribution < 1.29 is 19.4 Å². The molecule has 214 valence electrons. The van der Waals surface area contributed by atoms with E-state index in [1.54, 1.807) is 0 Å². The van der Waals surface area contributed by atoms with Gasteiger partial charge in [-0.2, -0.15) is 0 Å². The number of esters is 1. The maximum absolute atomic E-state index is 12.8. The smallest absolute Gasteiger partial charge is 0.306 e. The van der Waals surface area contributed by atoms with Gasteiger partial charge in [0, 0.05) is 12.3 Å². The van der Waals surface area contributed by atoms with Crippen LogP contribution in [0.1, 0.15) is 175 Å². The van der Waals surface area contributed by atoms with Gasteiger partial charge in [0.25, 0.3) is 0 Å². The third-order valence-corrected chi connectivity index (χ3v) is 7.68. The molecule has 36 heavy (non-hydrogen) atoms. The van der Waals surface area contributed by atoms with Gasteiger partial charge in [-0.3, -0.25) is 9.59 Å². The zero-order valence-electron chi connectivity index (χ0n) is 24.7. The number of hydrogen-bond acceptors (Lipinski definition) is 3. The zero-order chi connectivity index (χ0) is 26.9. The molecule has 0 saturated heterocycles. The highest BCUT2D eigenvalue weighted by Gasteiger charge is 2.35. The Morgan fingerprint density at radius 1 is 0.556 bits per heavy atom. The molecule has 0 aliphatic heterocycles. The Kier molecular flexibility index (Phi) is 24.8. The summed E-state index contributed by atoms with van der Waals surface area (Å²) in [6, 6.07) is 0. The fraction of sp³-hybridized carbons (Fsp3) is 0.938. The molecule has 3 atom stereocenters. The zero-order valence-corrected chi connectivity index (χ0v) is 24.7. The lowest BCUT2D eigenvalue weighted by Crippen LogP contribution is -2.36. The third kappa shape index (κ3) is 19.1. The van der Waals surface area contributed by atoms with E-state index in [9.17, 15) is 14.7 Å².